The Hall–Kier alpha value is -1.90. The van der Waals surface area contributed by atoms with Crippen LogP contribution in [-0.4, -0.2) is 36.9 Å². The van der Waals surface area contributed by atoms with Crippen molar-refractivity contribution in [3.8, 4) is 11.8 Å². The third-order valence-corrected chi connectivity index (χ3v) is 2.53. The highest BCUT2D eigenvalue weighted by atomic mass is 19.1. The number of aliphatic hydroxyl groups excluding tert-OH is 1. The van der Waals surface area contributed by atoms with Gasteiger partial charge in [-0.05, 0) is 32.0 Å². The van der Waals surface area contributed by atoms with E-state index in [-0.39, 0.29) is 29.7 Å². The molecule has 0 heterocycles. The first-order valence-corrected chi connectivity index (χ1v) is 6.37. The van der Waals surface area contributed by atoms with Gasteiger partial charge in [0.25, 0.3) is 5.91 Å². The fourth-order valence-corrected chi connectivity index (χ4v) is 1.63. The molecule has 1 unspecified atom stereocenters. The van der Waals surface area contributed by atoms with Crippen LogP contribution in [0.4, 0.5) is 4.39 Å². The van der Waals surface area contributed by atoms with Crippen LogP contribution in [0.25, 0.3) is 0 Å². The number of aliphatic hydroxyl groups is 1. The van der Waals surface area contributed by atoms with Crippen molar-refractivity contribution in [3.05, 3.63) is 35.1 Å². The minimum absolute atomic E-state index is 0.101. The van der Waals surface area contributed by atoms with Gasteiger partial charge in [-0.3, -0.25) is 4.79 Å². The first-order chi connectivity index (χ1) is 9.58. The molecule has 0 saturated heterocycles. The van der Waals surface area contributed by atoms with E-state index >= 15 is 0 Å². The predicted octanol–water partition coefficient (Wildman–Crippen LogP) is 1.32. The zero-order valence-corrected chi connectivity index (χ0v) is 11.6. The molecule has 1 amide bonds. The van der Waals surface area contributed by atoms with Crippen molar-refractivity contribution < 1.29 is 19.0 Å². The molecule has 0 saturated carbocycles. The van der Waals surface area contributed by atoms with Crippen LogP contribution in [0.3, 0.4) is 0 Å². The van der Waals surface area contributed by atoms with Gasteiger partial charge < -0.3 is 15.2 Å². The fraction of sp³-hybridized carbons (Fsp3) is 0.400. The smallest absolute Gasteiger partial charge is 0.252 e. The highest BCUT2D eigenvalue weighted by molar-refractivity contribution is 5.96. The summed E-state index contributed by atoms with van der Waals surface area (Å²) in [6.07, 6.45) is -0.101. The van der Waals surface area contributed by atoms with E-state index in [0.717, 1.165) is 0 Å². The zero-order valence-electron chi connectivity index (χ0n) is 11.6. The molecule has 0 aliphatic heterocycles. The fourth-order valence-electron chi connectivity index (χ4n) is 1.63. The van der Waals surface area contributed by atoms with Crippen LogP contribution in [0.5, 0.6) is 0 Å². The van der Waals surface area contributed by atoms with Gasteiger partial charge in [-0.15, -0.1) is 0 Å². The molecule has 5 heteroatoms. The van der Waals surface area contributed by atoms with E-state index < -0.39 is 5.82 Å². The minimum atomic E-state index is -0.480. The number of amides is 1. The lowest BCUT2D eigenvalue weighted by molar-refractivity contribution is 0.0695. The number of ether oxygens (including phenoxy) is 1. The average Bonchev–Trinajstić information content (AvgIpc) is 2.43. The average molecular weight is 279 g/mol. The molecular weight excluding hydrogens is 261 g/mol. The number of carbonyl (C=O) groups excluding carboxylic acids is 1. The number of carbonyl (C=O) groups is 1. The topological polar surface area (TPSA) is 58.6 Å². The molecule has 20 heavy (non-hydrogen) atoms. The van der Waals surface area contributed by atoms with Crippen LogP contribution in [0.2, 0.25) is 0 Å². The third kappa shape index (κ3) is 5.00. The van der Waals surface area contributed by atoms with Crippen molar-refractivity contribution in [2.24, 2.45) is 0 Å². The summed E-state index contributed by atoms with van der Waals surface area (Å²) in [4.78, 5) is 12.0. The van der Waals surface area contributed by atoms with Crippen LogP contribution in [0.15, 0.2) is 18.2 Å². The van der Waals surface area contributed by atoms with Crippen molar-refractivity contribution >= 4 is 5.91 Å². The van der Waals surface area contributed by atoms with Crippen molar-refractivity contribution in [2.45, 2.75) is 20.0 Å². The normalized spacial score (nSPS) is 11.4. The maximum absolute atomic E-state index is 13.2. The second-order valence-corrected chi connectivity index (χ2v) is 4.13. The van der Waals surface area contributed by atoms with Gasteiger partial charge in [-0.1, -0.05) is 11.8 Å². The van der Waals surface area contributed by atoms with Crippen LogP contribution in [0, 0.1) is 17.7 Å². The summed E-state index contributed by atoms with van der Waals surface area (Å²) in [6.45, 7) is 4.30. The van der Waals surface area contributed by atoms with Gasteiger partial charge in [0.1, 0.15) is 12.4 Å². The second kappa shape index (κ2) is 8.31. The summed E-state index contributed by atoms with van der Waals surface area (Å²) < 4.78 is 18.5. The van der Waals surface area contributed by atoms with E-state index in [9.17, 15) is 9.18 Å². The minimum Gasteiger partial charge on any atom is -0.384 e. The third-order valence-electron chi connectivity index (χ3n) is 2.53. The monoisotopic (exact) mass is 279 g/mol. The summed E-state index contributed by atoms with van der Waals surface area (Å²) in [5.41, 5.74) is 0.525. The Morgan fingerprint density at radius 2 is 2.30 bits per heavy atom. The van der Waals surface area contributed by atoms with E-state index in [1.807, 2.05) is 13.8 Å². The zero-order chi connectivity index (χ0) is 15.0. The number of rotatable bonds is 5. The molecule has 0 fully saturated rings. The van der Waals surface area contributed by atoms with Crippen LogP contribution >= 0.6 is 0 Å². The molecule has 0 aromatic heterocycles. The predicted molar refractivity (Wildman–Crippen MR) is 73.8 cm³/mol. The molecule has 2 N–H and O–H groups in total. The quantitative estimate of drug-likeness (QED) is 0.799. The molecule has 1 aromatic rings. The molecule has 4 nitrogen and oxygen atoms in total. The Morgan fingerprint density at radius 3 is 2.95 bits per heavy atom. The van der Waals surface area contributed by atoms with Crippen molar-refractivity contribution in [1.29, 1.82) is 0 Å². The van der Waals surface area contributed by atoms with Crippen molar-refractivity contribution in [1.82, 2.24) is 5.32 Å². The summed E-state index contributed by atoms with van der Waals surface area (Å²) >= 11 is 0. The lowest BCUT2D eigenvalue weighted by Crippen LogP contribution is -2.32. The highest BCUT2D eigenvalue weighted by Gasteiger charge is 2.12. The Labute approximate surface area is 117 Å². The Bertz CT molecular complexity index is 520. The molecule has 0 aliphatic rings. The van der Waals surface area contributed by atoms with Gasteiger partial charge in [-0.25, -0.2) is 4.39 Å². The number of benzene rings is 1. The lowest BCUT2D eigenvalue weighted by Gasteiger charge is -2.13. The molecular formula is C15H18FNO3. The van der Waals surface area contributed by atoms with E-state index in [1.54, 1.807) is 0 Å². The number of halogens is 1. The standard InChI is InChI=1S/C15H18FNO3/c1-3-20-11(2)10-17-15(19)14-7-6-13(16)9-12(14)5-4-8-18/h6-7,9,11,18H,3,8,10H2,1-2H3,(H,17,19). The first kappa shape index (κ1) is 16.2. The Morgan fingerprint density at radius 1 is 1.55 bits per heavy atom. The summed E-state index contributed by atoms with van der Waals surface area (Å²) in [5.74, 6) is 4.14. The Balaban J connectivity index is 2.81. The van der Waals surface area contributed by atoms with E-state index in [1.165, 1.54) is 18.2 Å². The molecule has 1 aromatic carbocycles. The van der Waals surface area contributed by atoms with Crippen LogP contribution in [0.1, 0.15) is 29.8 Å². The maximum atomic E-state index is 13.2. The number of hydrogen-bond donors (Lipinski definition) is 2. The Kier molecular flexibility index (Phi) is 6.71. The lowest BCUT2D eigenvalue weighted by atomic mass is 10.1. The molecule has 0 bridgehead atoms. The SMILES string of the molecule is CCOC(C)CNC(=O)c1ccc(F)cc1C#CCO. The van der Waals surface area contributed by atoms with Gasteiger partial charge in [0.05, 0.1) is 11.7 Å². The van der Waals surface area contributed by atoms with Gasteiger partial charge in [-0.2, -0.15) is 0 Å². The van der Waals surface area contributed by atoms with Crippen LogP contribution < -0.4 is 5.32 Å². The number of hydrogen-bond acceptors (Lipinski definition) is 3. The van der Waals surface area contributed by atoms with Crippen molar-refractivity contribution in [2.75, 3.05) is 19.8 Å². The molecule has 1 atom stereocenters. The van der Waals surface area contributed by atoms with Crippen molar-refractivity contribution in [3.63, 3.8) is 0 Å². The van der Waals surface area contributed by atoms with Crippen LogP contribution in [-0.2, 0) is 4.74 Å². The molecule has 1 rings (SSSR count). The van der Waals surface area contributed by atoms with Gasteiger partial charge in [0.2, 0.25) is 0 Å². The maximum Gasteiger partial charge on any atom is 0.252 e. The molecule has 0 spiro atoms. The molecule has 108 valence electrons. The van der Waals surface area contributed by atoms with E-state index in [4.69, 9.17) is 9.84 Å². The van der Waals surface area contributed by atoms with Gasteiger partial charge in [0, 0.05) is 18.7 Å². The molecule has 0 aliphatic carbocycles. The summed E-state index contributed by atoms with van der Waals surface area (Å²) in [5, 5.41) is 11.4. The van der Waals surface area contributed by atoms with Gasteiger partial charge >= 0.3 is 0 Å². The van der Waals surface area contributed by atoms with E-state index in [0.29, 0.717) is 13.2 Å². The summed E-state index contributed by atoms with van der Waals surface area (Å²) in [6, 6.07) is 3.74. The van der Waals surface area contributed by atoms with E-state index in [2.05, 4.69) is 17.2 Å². The molecule has 0 radical (unpaired) electrons. The number of nitrogens with one attached hydrogen (secondary N) is 1. The second-order valence-electron chi connectivity index (χ2n) is 4.13. The highest BCUT2D eigenvalue weighted by Crippen LogP contribution is 2.10. The largest absolute Gasteiger partial charge is 0.384 e. The first-order valence-electron chi connectivity index (χ1n) is 6.37. The summed E-state index contributed by atoms with van der Waals surface area (Å²) in [7, 11) is 0. The van der Waals surface area contributed by atoms with Gasteiger partial charge in [0.15, 0.2) is 0 Å².